The molecule has 0 saturated carbocycles. The topological polar surface area (TPSA) is 30.7 Å². The average molecular weight is 223 g/mol. The van der Waals surface area contributed by atoms with Crippen LogP contribution < -0.4 is 0 Å². The molecule has 0 fully saturated rings. The molecule has 0 N–H and O–H groups in total. The third-order valence-electron chi connectivity index (χ3n) is 2.92. The normalized spacial score (nSPS) is 10.9. The summed E-state index contributed by atoms with van der Waals surface area (Å²) in [6.07, 6.45) is 0. The first kappa shape index (κ1) is 10.0. The molecule has 3 aromatic rings. The Morgan fingerprint density at radius 2 is 1.82 bits per heavy atom. The van der Waals surface area contributed by atoms with Crippen LogP contribution in [0, 0.1) is 6.92 Å². The fourth-order valence-electron chi connectivity index (χ4n) is 2.00. The molecule has 3 heteroatoms. The Balaban J connectivity index is 2.05. The first-order valence-electron chi connectivity index (χ1n) is 5.67. The fourth-order valence-corrected chi connectivity index (χ4v) is 2.00. The summed E-state index contributed by atoms with van der Waals surface area (Å²) in [4.78, 5) is 0. The van der Waals surface area contributed by atoms with E-state index in [4.69, 9.17) is 0 Å². The summed E-state index contributed by atoms with van der Waals surface area (Å²) in [6.45, 7) is 2.82. The van der Waals surface area contributed by atoms with Gasteiger partial charge in [0.15, 0.2) is 0 Å². The second-order valence-corrected chi connectivity index (χ2v) is 4.18. The van der Waals surface area contributed by atoms with E-state index in [0.717, 1.165) is 17.6 Å². The Bertz CT molecular complexity index is 641. The Labute approximate surface area is 99.7 Å². The average Bonchev–Trinajstić information content (AvgIpc) is 2.76. The SMILES string of the molecule is Cc1cccc2c1nnn2Cc1ccccc1. The van der Waals surface area contributed by atoms with Gasteiger partial charge in [-0.1, -0.05) is 47.7 Å². The van der Waals surface area contributed by atoms with Crippen LogP contribution in [-0.4, -0.2) is 15.0 Å². The minimum Gasteiger partial charge on any atom is -0.240 e. The van der Waals surface area contributed by atoms with Gasteiger partial charge in [-0.25, -0.2) is 4.68 Å². The molecular formula is C14H13N3. The lowest BCUT2D eigenvalue weighted by atomic mass is 10.2. The second-order valence-electron chi connectivity index (χ2n) is 4.18. The molecule has 0 aliphatic heterocycles. The number of benzene rings is 2. The zero-order valence-corrected chi connectivity index (χ0v) is 9.67. The molecule has 2 aromatic carbocycles. The van der Waals surface area contributed by atoms with Gasteiger partial charge in [-0.05, 0) is 24.1 Å². The molecule has 0 aliphatic rings. The zero-order valence-electron chi connectivity index (χ0n) is 9.67. The molecule has 0 unspecified atom stereocenters. The van der Waals surface area contributed by atoms with E-state index in [1.807, 2.05) is 28.9 Å². The van der Waals surface area contributed by atoms with Gasteiger partial charge in [0, 0.05) is 0 Å². The highest BCUT2D eigenvalue weighted by Crippen LogP contribution is 2.15. The third-order valence-corrected chi connectivity index (χ3v) is 2.92. The van der Waals surface area contributed by atoms with Gasteiger partial charge in [0.2, 0.25) is 0 Å². The monoisotopic (exact) mass is 223 g/mol. The van der Waals surface area contributed by atoms with Gasteiger partial charge in [0.25, 0.3) is 0 Å². The Kier molecular flexibility index (Phi) is 2.37. The summed E-state index contributed by atoms with van der Waals surface area (Å²) < 4.78 is 1.94. The molecule has 0 radical (unpaired) electrons. The van der Waals surface area contributed by atoms with E-state index in [1.54, 1.807) is 0 Å². The lowest BCUT2D eigenvalue weighted by molar-refractivity contribution is 0.670. The van der Waals surface area contributed by atoms with Crippen LogP contribution in [0.25, 0.3) is 11.0 Å². The molecule has 1 heterocycles. The first-order valence-corrected chi connectivity index (χ1v) is 5.67. The van der Waals surface area contributed by atoms with Crippen LogP contribution in [-0.2, 0) is 6.54 Å². The minimum absolute atomic E-state index is 0.765. The lowest BCUT2D eigenvalue weighted by Crippen LogP contribution is -2.01. The standard InChI is InChI=1S/C14H13N3/c1-11-6-5-9-13-14(11)15-16-17(13)10-12-7-3-2-4-8-12/h2-9H,10H2,1H3. The van der Waals surface area contributed by atoms with Crippen LogP contribution in [0.3, 0.4) is 0 Å². The summed E-state index contributed by atoms with van der Waals surface area (Å²) in [5, 5.41) is 8.45. The Morgan fingerprint density at radius 3 is 2.65 bits per heavy atom. The smallest absolute Gasteiger partial charge is 0.116 e. The van der Waals surface area contributed by atoms with Crippen molar-refractivity contribution in [2.75, 3.05) is 0 Å². The highest BCUT2D eigenvalue weighted by Gasteiger charge is 2.06. The van der Waals surface area contributed by atoms with Gasteiger partial charge in [-0.15, -0.1) is 5.10 Å². The van der Waals surface area contributed by atoms with Crippen molar-refractivity contribution in [1.82, 2.24) is 15.0 Å². The van der Waals surface area contributed by atoms with Crippen LogP contribution in [0.5, 0.6) is 0 Å². The van der Waals surface area contributed by atoms with Crippen LogP contribution in [0.4, 0.5) is 0 Å². The Hall–Kier alpha value is -2.16. The summed E-state index contributed by atoms with van der Waals surface area (Å²) in [6, 6.07) is 16.5. The summed E-state index contributed by atoms with van der Waals surface area (Å²) in [5.41, 5.74) is 4.49. The molecule has 0 amide bonds. The molecular weight excluding hydrogens is 210 g/mol. The largest absolute Gasteiger partial charge is 0.240 e. The summed E-state index contributed by atoms with van der Waals surface area (Å²) >= 11 is 0. The predicted octanol–water partition coefficient (Wildman–Crippen LogP) is 2.79. The van der Waals surface area contributed by atoms with E-state index in [0.29, 0.717) is 0 Å². The van der Waals surface area contributed by atoms with E-state index in [9.17, 15) is 0 Å². The molecule has 0 bridgehead atoms. The quantitative estimate of drug-likeness (QED) is 0.668. The van der Waals surface area contributed by atoms with Crippen molar-refractivity contribution < 1.29 is 0 Å². The predicted molar refractivity (Wildman–Crippen MR) is 67.8 cm³/mol. The van der Waals surface area contributed by atoms with E-state index in [-0.39, 0.29) is 0 Å². The molecule has 3 rings (SSSR count). The highest BCUT2D eigenvalue weighted by atomic mass is 15.4. The fraction of sp³-hybridized carbons (Fsp3) is 0.143. The number of hydrogen-bond donors (Lipinski definition) is 0. The molecule has 3 nitrogen and oxygen atoms in total. The van der Waals surface area contributed by atoms with Crippen LogP contribution in [0.1, 0.15) is 11.1 Å². The van der Waals surface area contributed by atoms with Gasteiger partial charge in [-0.2, -0.15) is 0 Å². The van der Waals surface area contributed by atoms with E-state index < -0.39 is 0 Å². The number of hydrogen-bond acceptors (Lipinski definition) is 2. The van der Waals surface area contributed by atoms with Gasteiger partial charge >= 0.3 is 0 Å². The summed E-state index contributed by atoms with van der Waals surface area (Å²) in [5.74, 6) is 0. The number of aryl methyl sites for hydroxylation is 1. The van der Waals surface area contributed by atoms with E-state index in [2.05, 4.69) is 41.5 Å². The van der Waals surface area contributed by atoms with Crippen molar-refractivity contribution in [3.05, 3.63) is 59.7 Å². The molecule has 1 aromatic heterocycles. The molecule has 84 valence electrons. The third kappa shape index (κ3) is 1.80. The summed E-state index contributed by atoms with van der Waals surface area (Å²) in [7, 11) is 0. The number of fused-ring (bicyclic) bond motifs is 1. The van der Waals surface area contributed by atoms with Crippen molar-refractivity contribution in [3.8, 4) is 0 Å². The second kappa shape index (κ2) is 4.01. The van der Waals surface area contributed by atoms with Gasteiger partial charge in [0.1, 0.15) is 5.52 Å². The maximum absolute atomic E-state index is 4.23. The molecule has 0 atom stereocenters. The van der Waals surface area contributed by atoms with Crippen LogP contribution in [0.15, 0.2) is 48.5 Å². The number of nitrogens with zero attached hydrogens (tertiary/aromatic N) is 3. The number of aromatic nitrogens is 3. The van der Waals surface area contributed by atoms with Crippen molar-refractivity contribution in [1.29, 1.82) is 0 Å². The maximum Gasteiger partial charge on any atom is 0.116 e. The lowest BCUT2D eigenvalue weighted by Gasteiger charge is -2.02. The Morgan fingerprint density at radius 1 is 1.00 bits per heavy atom. The molecule has 0 saturated heterocycles. The molecule has 17 heavy (non-hydrogen) atoms. The van der Waals surface area contributed by atoms with Crippen molar-refractivity contribution >= 4 is 11.0 Å². The van der Waals surface area contributed by atoms with Crippen molar-refractivity contribution in [3.63, 3.8) is 0 Å². The number of rotatable bonds is 2. The highest BCUT2D eigenvalue weighted by molar-refractivity contribution is 5.77. The molecule has 0 spiro atoms. The van der Waals surface area contributed by atoms with Crippen molar-refractivity contribution in [2.45, 2.75) is 13.5 Å². The van der Waals surface area contributed by atoms with E-state index >= 15 is 0 Å². The van der Waals surface area contributed by atoms with Gasteiger partial charge in [-0.3, -0.25) is 0 Å². The van der Waals surface area contributed by atoms with E-state index in [1.165, 1.54) is 11.1 Å². The zero-order chi connectivity index (χ0) is 11.7. The first-order chi connectivity index (χ1) is 8.34. The van der Waals surface area contributed by atoms with Gasteiger partial charge < -0.3 is 0 Å². The minimum atomic E-state index is 0.765. The van der Waals surface area contributed by atoms with Crippen molar-refractivity contribution in [2.24, 2.45) is 0 Å². The van der Waals surface area contributed by atoms with Crippen LogP contribution in [0.2, 0.25) is 0 Å². The maximum atomic E-state index is 4.23. The van der Waals surface area contributed by atoms with Gasteiger partial charge in [0.05, 0.1) is 12.1 Å². The van der Waals surface area contributed by atoms with Crippen LogP contribution >= 0.6 is 0 Å². The molecule has 0 aliphatic carbocycles.